The topological polar surface area (TPSA) is 55.4 Å². The molecule has 0 aromatic carbocycles. The van der Waals surface area contributed by atoms with Crippen LogP contribution in [0.4, 0.5) is 0 Å². The Labute approximate surface area is 148 Å². The lowest BCUT2D eigenvalue weighted by Crippen LogP contribution is -2.55. The minimum atomic E-state index is -3.08. The number of rotatable bonds is 7. The maximum Gasteiger partial charge on any atom is 0.208 e. The quantitative estimate of drug-likeness (QED) is 0.709. The molecule has 2 unspecified atom stereocenters. The molecule has 0 amide bonds. The van der Waals surface area contributed by atoms with Crippen molar-refractivity contribution < 1.29 is 13.2 Å². The summed E-state index contributed by atoms with van der Waals surface area (Å²) in [7, 11) is -3.08. The van der Waals surface area contributed by atoms with Gasteiger partial charge in [0.1, 0.15) is 0 Å². The molecule has 24 heavy (non-hydrogen) atoms. The van der Waals surface area contributed by atoms with E-state index in [0.717, 1.165) is 24.2 Å². The number of hydrogen-bond donors (Lipinski definition) is 1. The third-order valence-electron chi connectivity index (χ3n) is 6.21. The summed E-state index contributed by atoms with van der Waals surface area (Å²) in [6.45, 7) is 8.31. The first-order chi connectivity index (χ1) is 11.1. The SMILES string of the molecule is CC(C)(C)CC12CC3CC(C1)C(OCCCNS(C)(=O)=O)C(C3)C2. The Bertz CT molecular complexity index is 535. The Morgan fingerprint density at radius 3 is 2.29 bits per heavy atom. The Hall–Kier alpha value is -0.130. The van der Waals surface area contributed by atoms with Crippen LogP contribution in [0.15, 0.2) is 0 Å². The molecule has 140 valence electrons. The van der Waals surface area contributed by atoms with E-state index in [1.807, 2.05) is 0 Å². The summed E-state index contributed by atoms with van der Waals surface area (Å²) in [6, 6.07) is 0. The van der Waals surface area contributed by atoms with E-state index in [-0.39, 0.29) is 0 Å². The molecule has 4 aliphatic carbocycles. The lowest BCUT2D eigenvalue weighted by Gasteiger charge is -2.61. The first-order valence-electron chi connectivity index (χ1n) is 9.62. The molecule has 0 aromatic rings. The summed E-state index contributed by atoms with van der Waals surface area (Å²) in [5, 5.41) is 0. The van der Waals surface area contributed by atoms with Gasteiger partial charge in [-0.1, -0.05) is 20.8 Å². The number of ether oxygens (including phenoxy) is 1. The van der Waals surface area contributed by atoms with E-state index < -0.39 is 10.0 Å². The number of nitrogens with one attached hydrogen (secondary N) is 1. The summed E-state index contributed by atoms with van der Waals surface area (Å²) in [5.41, 5.74) is 0.992. The van der Waals surface area contributed by atoms with E-state index in [2.05, 4.69) is 25.5 Å². The van der Waals surface area contributed by atoms with Crippen molar-refractivity contribution >= 4 is 10.0 Å². The Morgan fingerprint density at radius 2 is 1.75 bits per heavy atom. The molecule has 2 atom stereocenters. The fourth-order valence-electron chi connectivity index (χ4n) is 6.31. The highest BCUT2D eigenvalue weighted by atomic mass is 32.2. The van der Waals surface area contributed by atoms with Gasteiger partial charge in [-0.3, -0.25) is 0 Å². The average molecular weight is 358 g/mol. The fraction of sp³-hybridized carbons (Fsp3) is 1.00. The average Bonchev–Trinajstić information content (AvgIpc) is 2.36. The maximum atomic E-state index is 11.1. The molecule has 5 heteroatoms. The van der Waals surface area contributed by atoms with E-state index in [9.17, 15) is 8.42 Å². The van der Waals surface area contributed by atoms with Gasteiger partial charge in [0.25, 0.3) is 0 Å². The fourth-order valence-corrected chi connectivity index (χ4v) is 6.82. The highest BCUT2D eigenvalue weighted by Gasteiger charge is 2.56. The van der Waals surface area contributed by atoms with Crippen molar-refractivity contribution in [3.05, 3.63) is 0 Å². The number of hydrogen-bond acceptors (Lipinski definition) is 3. The molecule has 0 saturated heterocycles. The molecule has 0 heterocycles. The highest BCUT2D eigenvalue weighted by Crippen LogP contribution is 2.63. The lowest BCUT2D eigenvalue weighted by atomic mass is 9.46. The Kier molecular flexibility index (Phi) is 5.09. The van der Waals surface area contributed by atoms with Gasteiger partial charge in [0.2, 0.25) is 10.0 Å². The minimum absolute atomic E-state index is 0.416. The van der Waals surface area contributed by atoms with E-state index in [1.54, 1.807) is 0 Å². The third-order valence-corrected chi connectivity index (χ3v) is 6.94. The second kappa shape index (κ2) is 6.55. The van der Waals surface area contributed by atoms with Crippen molar-refractivity contribution in [2.45, 2.75) is 71.8 Å². The third kappa shape index (κ3) is 4.53. The van der Waals surface area contributed by atoms with Crippen molar-refractivity contribution in [2.24, 2.45) is 28.6 Å². The van der Waals surface area contributed by atoms with Crippen LogP contribution in [0, 0.1) is 28.6 Å². The van der Waals surface area contributed by atoms with Crippen LogP contribution in [-0.2, 0) is 14.8 Å². The smallest absolute Gasteiger partial charge is 0.208 e. The summed E-state index contributed by atoms with van der Waals surface area (Å²) < 4.78 is 31.0. The van der Waals surface area contributed by atoms with Crippen LogP contribution < -0.4 is 4.72 Å². The van der Waals surface area contributed by atoms with Gasteiger partial charge in [-0.15, -0.1) is 0 Å². The molecular weight excluding hydrogens is 322 g/mol. The van der Waals surface area contributed by atoms with Crippen molar-refractivity contribution in [1.29, 1.82) is 0 Å². The van der Waals surface area contributed by atoms with Crippen molar-refractivity contribution in [3.8, 4) is 0 Å². The second-order valence-corrected chi connectivity index (χ2v) is 11.9. The van der Waals surface area contributed by atoms with Crippen LogP contribution in [0.5, 0.6) is 0 Å². The Morgan fingerprint density at radius 1 is 1.12 bits per heavy atom. The van der Waals surface area contributed by atoms with Gasteiger partial charge >= 0.3 is 0 Å². The highest BCUT2D eigenvalue weighted by molar-refractivity contribution is 7.88. The Balaban J connectivity index is 1.52. The minimum Gasteiger partial charge on any atom is -0.378 e. The molecular formula is C19H35NO3S. The van der Waals surface area contributed by atoms with Crippen LogP contribution >= 0.6 is 0 Å². The molecule has 4 saturated carbocycles. The maximum absolute atomic E-state index is 11.1. The zero-order valence-electron chi connectivity index (χ0n) is 15.8. The van der Waals surface area contributed by atoms with Gasteiger partial charge in [0, 0.05) is 13.2 Å². The van der Waals surface area contributed by atoms with Crippen molar-refractivity contribution in [2.75, 3.05) is 19.4 Å². The normalized spacial score (nSPS) is 38.7. The van der Waals surface area contributed by atoms with Gasteiger partial charge in [0.15, 0.2) is 0 Å². The lowest BCUT2D eigenvalue weighted by molar-refractivity contribution is -0.166. The van der Waals surface area contributed by atoms with Gasteiger partial charge in [0.05, 0.1) is 12.4 Å². The summed E-state index contributed by atoms with van der Waals surface area (Å²) in [4.78, 5) is 0. The monoisotopic (exact) mass is 357 g/mol. The van der Waals surface area contributed by atoms with Crippen LogP contribution in [0.25, 0.3) is 0 Å². The standard InChI is InChI=1S/C19H35NO3S/c1-18(2,3)13-19-10-14-8-15(11-19)17(16(9-14)12-19)23-7-5-6-20-24(4,21)22/h14-17,20H,5-13H2,1-4H3. The summed E-state index contributed by atoms with van der Waals surface area (Å²) in [6.07, 6.45) is 10.6. The van der Waals surface area contributed by atoms with Gasteiger partial charge < -0.3 is 4.74 Å². The van der Waals surface area contributed by atoms with Crippen molar-refractivity contribution in [1.82, 2.24) is 4.72 Å². The van der Waals surface area contributed by atoms with Crippen LogP contribution in [-0.4, -0.2) is 33.9 Å². The molecule has 4 fully saturated rings. The van der Waals surface area contributed by atoms with Gasteiger partial charge in [-0.25, -0.2) is 13.1 Å². The van der Waals surface area contributed by atoms with E-state index in [1.165, 1.54) is 44.8 Å². The molecule has 0 aliphatic heterocycles. The summed E-state index contributed by atoms with van der Waals surface area (Å²) in [5.74, 6) is 2.40. The van der Waals surface area contributed by atoms with E-state index >= 15 is 0 Å². The molecule has 1 N–H and O–H groups in total. The largest absolute Gasteiger partial charge is 0.378 e. The molecule has 4 nitrogen and oxygen atoms in total. The molecule has 0 spiro atoms. The molecule has 4 bridgehead atoms. The van der Waals surface area contributed by atoms with Crippen molar-refractivity contribution in [3.63, 3.8) is 0 Å². The molecule has 0 aromatic heterocycles. The van der Waals surface area contributed by atoms with Crippen LogP contribution in [0.3, 0.4) is 0 Å². The predicted octanol–water partition coefficient (Wildman–Crippen LogP) is 3.57. The van der Waals surface area contributed by atoms with Crippen LogP contribution in [0.1, 0.15) is 65.7 Å². The van der Waals surface area contributed by atoms with Gasteiger partial charge in [-0.05, 0) is 73.5 Å². The first kappa shape index (κ1) is 18.7. The van der Waals surface area contributed by atoms with E-state index in [0.29, 0.717) is 30.1 Å². The predicted molar refractivity (Wildman–Crippen MR) is 97.3 cm³/mol. The van der Waals surface area contributed by atoms with E-state index in [4.69, 9.17) is 4.74 Å². The summed E-state index contributed by atoms with van der Waals surface area (Å²) >= 11 is 0. The first-order valence-corrected chi connectivity index (χ1v) is 11.5. The number of sulfonamides is 1. The molecule has 4 aliphatic rings. The second-order valence-electron chi connectivity index (χ2n) is 10.1. The molecule has 0 radical (unpaired) electrons. The molecule has 4 rings (SSSR count). The van der Waals surface area contributed by atoms with Crippen LogP contribution in [0.2, 0.25) is 0 Å². The zero-order chi connectivity index (χ0) is 17.6. The van der Waals surface area contributed by atoms with Gasteiger partial charge in [-0.2, -0.15) is 0 Å². The zero-order valence-corrected chi connectivity index (χ0v) is 16.6.